The number of thiophene rings is 1. The standard InChI is InChI=1S/C16H21BrN2OS/c1-19(9-13-7-16(17)21-11-13)15(8-18)14-5-3-12(4-6-14)10-20-2/h3-7,11,15H,8-10,18H2,1-2H3. The summed E-state index contributed by atoms with van der Waals surface area (Å²) in [6.07, 6.45) is 0. The highest BCUT2D eigenvalue weighted by atomic mass is 79.9. The number of hydrogen-bond acceptors (Lipinski definition) is 4. The lowest BCUT2D eigenvalue weighted by molar-refractivity contribution is 0.185. The summed E-state index contributed by atoms with van der Waals surface area (Å²) in [6, 6.07) is 10.9. The highest BCUT2D eigenvalue weighted by Crippen LogP contribution is 2.25. The van der Waals surface area contributed by atoms with Crippen LogP contribution >= 0.6 is 27.3 Å². The van der Waals surface area contributed by atoms with Crippen molar-refractivity contribution in [3.05, 3.63) is 56.2 Å². The van der Waals surface area contributed by atoms with Gasteiger partial charge in [-0.25, -0.2) is 0 Å². The van der Waals surface area contributed by atoms with Gasteiger partial charge in [-0.1, -0.05) is 24.3 Å². The Bertz CT molecular complexity index is 556. The number of hydrogen-bond donors (Lipinski definition) is 1. The van der Waals surface area contributed by atoms with Gasteiger partial charge in [0.25, 0.3) is 0 Å². The molecule has 1 atom stereocenters. The summed E-state index contributed by atoms with van der Waals surface area (Å²) in [6.45, 7) is 2.14. The van der Waals surface area contributed by atoms with Crippen molar-refractivity contribution in [3.63, 3.8) is 0 Å². The molecule has 2 N–H and O–H groups in total. The van der Waals surface area contributed by atoms with Crippen molar-refractivity contribution >= 4 is 27.3 Å². The molecular formula is C16H21BrN2OS. The van der Waals surface area contributed by atoms with Crippen molar-refractivity contribution in [3.8, 4) is 0 Å². The molecule has 0 aliphatic heterocycles. The van der Waals surface area contributed by atoms with E-state index in [0.717, 1.165) is 6.54 Å². The fourth-order valence-corrected chi connectivity index (χ4v) is 3.60. The predicted molar refractivity (Wildman–Crippen MR) is 92.4 cm³/mol. The maximum atomic E-state index is 5.99. The van der Waals surface area contributed by atoms with Crippen molar-refractivity contribution in [2.24, 2.45) is 5.73 Å². The van der Waals surface area contributed by atoms with Crippen LogP contribution in [0, 0.1) is 0 Å². The molecule has 0 saturated carbocycles. The predicted octanol–water partition coefficient (Wildman–Crippen LogP) is 3.79. The van der Waals surface area contributed by atoms with E-state index in [0.29, 0.717) is 13.2 Å². The molecule has 2 rings (SSSR count). The minimum atomic E-state index is 0.222. The number of rotatable bonds is 7. The molecule has 0 aliphatic rings. The Labute approximate surface area is 138 Å². The Hall–Kier alpha value is -0.720. The summed E-state index contributed by atoms with van der Waals surface area (Å²) >= 11 is 5.22. The molecule has 0 saturated heterocycles. The number of halogens is 1. The molecule has 1 aromatic heterocycles. The van der Waals surface area contributed by atoms with Crippen LogP contribution in [-0.4, -0.2) is 25.6 Å². The lowest BCUT2D eigenvalue weighted by Gasteiger charge is -2.27. The highest BCUT2D eigenvalue weighted by Gasteiger charge is 2.16. The van der Waals surface area contributed by atoms with E-state index in [4.69, 9.17) is 10.5 Å². The van der Waals surface area contributed by atoms with Crippen LogP contribution in [-0.2, 0) is 17.9 Å². The van der Waals surface area contributed by atoms with Crippen molar-refractivity contribution in [1.82, 2.24) is 4.90 Å². The van der Waals surface area contributed by atoms with Crippen LogP contribution in [0.2, 0.25) is 0 Å². The van der Waals surface area contributed by atoms with Crippen LogP contribution in [0.5, 0.6) is 0 Å². The molecule has 0 aliphatic carbocycles. The first-order chi connectivity index (χ1) is 10.1. The van der Waals surface area contributed by atoms with Crippen LogP contribution < -0.4 is 5.73 Å². The van der Waals surface area contributed by atoms with Gasteiger partial charge in [-0.3, -0.25) is 4.90 Å². The van der Waals surface area contributed by atoms with Crippen molar-refractivity contribution in [2.75, 3.05) is 20.7 Å². The van der Waals surface area contributed by atoms with Gasteiger partial charge in [0.2, 0.25) is 0 Å². The summed E-state index contributed by atoms with van der Waals surface area (Å²) < 4.78 is 6.31. The number of methoxy groups -OCH3 is 1. The Morgan fingerprint density at radius 1 is 1.29 bits per heavy atom. The minimum Gasteiger partial charge on any atom is -0.380 e. The molecule has 0 radical (unpaired) electrons. The van der Waals surface area contributed by atoms with E-state index < -0.39 is 0 Å². The third kappa shape index (κ3) is 4.63. The summed E-state index contributed by atoms with van der Waals surface area (Å²) in [7, 11) is 3.83. The Morgan fingerprint density at radius 2 is 2.00 bits per heavy atom. The zero-order valence-electron chi connectivity index (χ0n) is 12.4. The van der Waals surface area contributed by atoms with Gasteiger partial charge in [0.15, 0.2) is 0 Å². The van der Waals surface area contributed by atoms with Gasteiger partial charge in [0, 0.05) is 26.2 Å². The normalized spacial score (nSPS) is 12.8. The molecule has 1 aromatic carbocycles. The van der Waals surface area contributed by atoms with Crippen molar-refractivity contribution in [2.45, 2.75) is 19.2 Å². The summed E-state index contributed by atoms with van der Waals surface area (Å²) in [5.74, 6) is 0. The van der Waals surface area contributed by atoms with Crippen molar-refractivity contribution in [1.29, 1.82) is 0 Å². The van der Waals surface area contributed by atoms with Gasteiger partial charge in [-0.2, -0.15) is 0 Å². The second-order valence-electron chi connectivity index (χ2n) is 5.10. The maximum Gasteiger partial charge on any atom is 0.0713 e. The second kappa shape index (κ2) is 8.06. The average Bonchev–Trinajstić information content (AvgIpc) is 2.87. The third-order valence-electron chi connectivity index (χ3n) is 3.48. The van der Waals surface area contributed by atoms with Crippen LogP contribution in [0.4, 0.5) is 0 Å². The van der Waals surface area contributed by atoms with E-state index in [1.54, 1.807) is 18.4 Å². The average molecular weight is 369 g/mol. The number of nitrogens with two attached hydrogens (primary N) is 1. The topological polar surface area (TPSA) is 38.5 Å². The lowest BCUT2D eigenvalue weighted by Crippen LogP contribution is -2.30. The highest BCUT2D eigenvalue weighted by molar-refractivity contribution is 9.11. The molecule has 1 unspecified atom stereocenters. The van der Waals surface area contributed by atoms with E-state index in [2.05, 4.69) is 63.6 Å². The number of benzene rings is 1. The molecule has 0 spiro atoms. The van der Waals surface area contributed by atoms with E-state index in [1.165, 1.54) is 20.5 Å². The molecule has 2 aromatic rings. The van der Waals surface area contributed by atoms with Crippen LogP contribution in [0.25, 0.3) is 0 Å². The molecule has 0 bridgehead atoms. The first-order valence-corrected chi connectivity index (χ1v) is 8.52. The first-order valence-electron chi connectivity index (χ1n) is 6.85. The van der Waals surface area contributed by atoms with Crippen molar-refractivity contribution < 1.29 is 4.74 Å². The molecule has 21 heavy (non-hydrogen) atoms. The third-order valence-corrected chi connectivity index (χ3v) is 5.04. The number of ether oxygens (including phenoxy) is 1. The Balaban J connectivity index is 2.07. The summed E-state index contributed by atoms with van der Waals surface area (Å²) in [4.78, 5) is 2.29. The van der Waals surface area contributed by atoms with Gasteiger partial charge in [0.05, 0.1) is 10.4 Å². The van der Waals surface area contributed by atoms with Crippen LogP contribution in [0.1, 0.15) is 22.7 Å². The van der Waals surface area contributed by atoms with Crippen LogP contribution in [0.3, 0.4) is 0 Å². The molecule has 5 heteroatoms. The Morgan fingerprint density at radius 3 is 2.52 bits per heavy atom. The Kier molecular flexibility index (Phi) is 6.39. The monoisotopic (exact) mass is 368 g/mol. The first kappa shape index (κ1) is 16.6. The fourth-order valence-electron chi connectivity index (χ4n) is 2.40. The quantitative estimate of drug-likeness (QED) is 0.807. The largest absolute Gasteiger partial charge is 0.380 e. The van der Waals surface area contributed by atoms with E-state index in [1.807, 2.05) is 0 Å². The SMILES string of the molecule is COCc1ccc(C(CN)N(C)Cc2csc(Br)c2)cc1. The van der Waals surface area contributed by atoms with Gasteiger partial charge < -0.3 is 10.5 Å². The zero-order chi connectivity index (χ0) is 15.2. The minimum absolute atomic E-state index is 0.222. The second-order valence-corrected chi connectivity index (χ2v) is 7.39. The molecule has 0 amide bonds. The van der Waals surface area contributed by atoms with Gasteiger partial charge in [0.1, 0.15) is 0 Å². The molecule has 114 valence electrons. The molecular weight excluding hydrogens is 348 g/mol. The lowest BCUT2D eigenvalue weighted by atomic mass is 10.0. The summed E-state index contributed by atoms with van der Waals surface area (Å²) in [5, 5.41) is 2.18. The van der Waals surface area contributed by atoms with Gasteiger partial charge in [-0.15, -0.1) is 11.3 Å². The molecule has 0 fully saturated rings. The fraction of sp³-hybridized carbons (Fsp3) is 0.375. The van der Waals surface area contributed by atoms with E-state index >= 15 is 0 Å². The zero-order valence-corrected chi connectivity index (χ0v) is 14.8. The van der Waals surface area contributed by atoms with E-state index in [9.17, 15) is 0 Å². The number of nitrogens with zero attached hydrogens (tertiary/aromatic N) is 1. The van der Waals surface area contributed by atoms with Crippen LogP contribution in [0.15, 0.2) is 39.5 Å². The van der Waals surface area contributed by atoms with E-state index in [-0.39, 0.29) is 6.04 Å². The van der Waals surface area contributed by atoms with Gasteiger partial charge in [-0.05, 0) is 51.1 Å². The molecule has 3 nitrogen and oxygen atoms in total. The smallest absolute Gasteiger partial charge is 0.0713 e. The number of likely N-dealkylation sites (N-methyl/N-ethyl adjacent to an activating group) is 1. The molecule has 1 heterocycles. The summed E-state index contributed by atoms with van der Waals surface area (Å²) in [5.41, 5.74) is 9.72. The van der Waals surface area contributed by atoms with Gasteiger partial charge >= 0.3 is 0 Å². The maximum absolute atomic E-state index is 5.99.